The first-order valence-corrected chi connectivity index (χ1v) is 14.5. The average Bonchev–Trinajstić information content (AvgIpc) is 2.79. The Hall–Kier alpha value is -2.00. The molecule has 2 aromatic carbocycles. The van der Waals surface area contributed by atoms with Crippen molar-refractivity contribution in [2.45, 2.75) is 59.2 Å². The molecule has 1 N–H and O–H groups in total. The lowest BCUT2D eigenvalue weighted by atomic mass is 10.1. The molecule has 0 bridgehead atoms. The van der Waals surface area contributed by atoms with Gasteiger partial charge in [-0.3, -0.25) is 13.9 Å². The average molecular weight is 577 g/mol. The number of amides is 2. The summed E-state index contributed by atoms with van der Waals surface area (Å²) in [5.74, 6) is -0.882. The molecule has 0 spiro atoms. The molecule has 2 atom stereocenters. The van der Waals surface area contributed by atoms with Crippen LogP contribution in [0.3, 0.4) is 0 Å². The largest absolute Gasteiger partial charge is 0.352 e. The van der Waals surface area contributed by atoms with Gasteiger partial charge in [0.2, 0.25) is 21.8 Å². The van der Waals surface area contributed by atoms with Crippen LogP contribution in [0.1, 0.15) is 44.7 Å². The van der Waals surface area contributed by atoms with Gasteiger partial charge in [0.25, 0.3) is 0 Å². The van der Waals surface area contributed by atoms with Crippen LogP contribution in [0, 0.1) is 6.92 Å². The molecule has 7 nitrogen and oxygen atoms in total. The predicted molar refractivity (Wildman–Crippen MR) is 147 cm³/mol. The summed E-state index contributed by atoms with van der Waals surface area (Å²) >= 11 is 18.5. The van der Waals surface area contributed by atoms with E-state index in [0.29, 0.717) is 38.3 Å². The fraction of sp³-hybridized carbons (Fsp3) is 0.440. The molecular weight excluding hydrogens is 545 g/mol. The standard InChI is InChI=1S/C25H32Cl3N3O4S/c1-6-17(4)29-25(33)22(7-2)30(14-18-9-11-19(26)12-21(18)28)24(32)15-31(36(5,34)35)23-13-20(27)10-8-16(23)3/h8-13,17,22H,6-7,14-15H2,1-5H3,(H,29,33)/t17-,22-/m1/s1. The van der Waals surface area contributed by atoms with Gasteiger partial charge in [0.15, 0.2) is 0 Å². The van der Waals surface area contributed by atoms with Gasteiger partial charge in [0.1, 0.15) is 12.6 Å². The van der Waals surface area contributed by atoms with Crippen LogP contribution in [-0.2, 0) is 26.2 Å². The van der Waals surface area contributed by atoms with Gasteiger partial charge in [0, 0.05) is 27.7 Å². The van der Waals surface area contributed by atoms with Crippen molar-refractivity contribution in [1.82, 2.24) is 10.2 Å². The summed E-state index contributed by atoms with van der Waals surface area (Å²) in [7, 11) is -3.86. The second kappa shape index (κ2) is 13.0. The highest BCUT2D eigenvalue weighted by molar-refractivity contribution is 7.92. The summed E-state index contributed by atoms with van der Waals surface area (Å²) < 4.78 is 26.5. The number of carbonyl (C=O) groups excluding carboxylic acids is 2. The van der Waals surface area contributed by atoms with Gasteiger partial charge in [-0.2, -0.15) is 0 Å². The molecule has 0 saturated carbocycles. The van der Waals surface area contributed by atoms with E-state index in [4.69, 9.17) is 34.8 Å². The van der Waals surface area contributed by atoms with Crippen molar-refractivity contribution in [2.75, 3.05) is 17.1 Å². The monoisotopic (exact) mass is 575 g/mol. The van der Waals surface area contributed by atoms with Crippen LogP contribution in [0.5, 0.6) is 0 Å². The summed E-state index contributed by atoms with van der Waals surface area (Å²) in [4.78, 5) is 28.3. The van der Waals surface area contributed by atoms with Gasteiger partial charge < -0.3 is 10.2 Å². The van der Waals surface area contributed by atoms with E-state index in [1.807, 2.05) is 13.8 Å². The Kier molecular flexibility index (Phi) is 10.9. The number of benzene rings is 2. The Labute approximate surface area is 228 Å². The van der Waals surface area contributed by atoms with Gasteiger partial charge in [0.05, 0.1) is 11.9 Å². The molecule has 0 saturated heterocycles. The second-order valence-corrected chi connectivity index (χ2v) is 11.9. The third kappa shape index (κ3) is 8.00. The number of anilines is 1. The first-order valence-electron chi connectivity index (χ1n) is 11.6. The number of nitrogens with zero attached hydrogens (tertiary/aromatic N) is 2. The van der Waals surface area contributed by atoms with E-state index in [-0.39, 0.29) is 18.5 Å². The van der Waals surface area contributed by atoms with Crippen LogP contribution >= 0.6 is 34.8 Å². The number of sulfonamides is 1. The molecule has 198 valence electrons. The minimum atomic E-state index is -3.86. The molecule has 0 aliphatic carbocycles. The van der Waals surface area contributed by atoms with Gasteiger partial charge in [-0.05, 0) is 62.1 Å². The molecule has 2 rings (SSSR count). The van der Waals surface area contributed by atoms with Crippen LogP contribution < -0.4 is 9.62 Å². The molecule has 0 unspecified atom stereocenters. The number of rotatable bonds is 11. The summed E-state index contributed by atoms with van der Waals surface area (Å²) in [5.41, 5.74) is 1.50. The lowest BCUT2D eigenvalue weighted by Gasteiger charge is -2.34. The van der Waals surface area contributed by atoms with E-state index in [1.54, 1.807) is 44.2 Å². The number of hydrogen-bond donors (Lipinski definition) is 1. The smallest absolute Gasteiger partial charge is 0.244 e. The Morgan fingerprint density at radius 3 is 2.17 bits per heavy atom. The predicted octanol–water partition coefficient (Wildman–Crippen LogP) is 5.44. The summed E-state index contributed by atoms with van der Waals surface area (Å²) in [6.45, 7) is 6.82. The molecule has 0 heterocycles. The van der Waals surface area contributed by atoms with Crippen LogP contribution in [0.2, 0.25) is 15.1 Å². The number of carbonyl (C=O) groups is 2. The van der Waals surface area contributed by atoms with Crippen LogP contribution in [0.4, 0.5) is 5.69 Å². The first kappa shape index (κ1) is 30.2. The number of nitrogens with one attached hydrogen (secondary N) is 1. The zero-order valence-electron chi connectivity index (χ0n) is 21.0. The Bertz CT molecular complexity index is 1210. The highest BCUT2D eigenvalue weighted by atomic mass is 35.5. The fourth-order valence-corrected chi connectivity index (χ4v) is 5.17. The number of hydrogen-bond acceptors (Lipinski definition) is 4. The van der Waals surface area contributed by atoms with Crippen molar-refractivity contribution in [3.8, 4) is 0 Å². The quantitative estimate of drug-likeness (QED) is 0.386. The first-order chi connectivity index (χ1) is 16.8. The highest BCUT2D eigenvalue weighted by Crippen LogP contribution is 2.28. The van der Waals surface area contributed by atoms with Crippen molar-refractivity contribution in [3.63, 3.8) is 0 Å². The lowest BCUT2D eigenvalue weighted by molar-refractivity contribution is -0.140. The van der Waals surface area contributed by atoms with E-state index >= 15 is 0 Å². The fourth-order valence-electron chi connectivity index (χ4n) is 3.64. The highest BCUT2D eigenvalue weighted by Gasteiger charge is 2.33. The number of aryl methyl sites for hydroxylation is 1. The van der Waals surface area contributed by atoms with Crippen molar-refractivity contribution in [2.24, 2.45) is 0 Å². The summed E-state index contributed by atoms with van der Waals surface area (Å²) in [6.07, 6.45) is 2.05. The topological polar surface area (TPSA) is 86.8 Å². The number of halogens is 3. The maximum absolute atomic E-state index is 13.8. The minimum absolute atomic E-state index is 0.00655. The van der Waals surface area contributed by atoms with Crippen molar-refractivity contribution < 1.29 is 18.0 Å². The van der Waals surface area contributed by atoms with Gasteiger partial charge in [-0.25, -0.2) is 8.42 Å². The molecule has 0 aromatic heterocycles. The Morgan fingerprint density at radius 1 is 1.00 bits per heavy atom. The maximum atomic E-state index is 13.8. The molecule has 2 amide bonds. The van der Waals surface area contributed by atoms with Gasteiger partial charge >= 0.3 is 0 Å². The van der Waals surface area contributed by atoms with Gasteiger partial charge in [-0.1, -0.05) is 60.8 Å². The van der Waals surface area contributed by atoms with E-state index in [0.717, 1.165) is 17.0 Å². The second-order valence-electron chi connectivity index (χ2n) is 8.70. The molecule has 0 fully saturated rings. The van der Waals surface area contributed by atoms with Crippen LogP contribution in [0.15, 0.2) is 36.4 Å². The third-order valence-electron chi connectivity index (χ3n) is 5.86. The van der Waals surface area contributed by atoms with Crippen molar-refractivity contribution in [1.29, 1.82) is 0 Å². The Morgan fingerprint density at radius 2 is 1.61 bits per heavy atom. The zero-order chi connectivity index (χ0) is 27.2. The molecule has 2 aromatic rings. The normalized spacial score (nSPS) is 13.1. The van der Waals surface area contributed by atoms with Crippen molar-refractivity contribution in [3.05, 3.63) is 62.6 Å². The lowest BCUT2D eigenvalue weighted by Crippen LogP contribution is -2.53. The van der Waals surface area contributed by atoms with Gasteiger partial charge in [-0.15, -0.1) is 0 Å². The SMILES string of the molecule is CC[C@@H](C)NC(=O)[C@@H](CC)N(Cc1ccc(Cl)cc1Cl)C(=O)CN(c1cc(Cl)ccc1C)S(C)(=O)=O. The molecule has 0 aliphatic rings. The minimum Gasteiger partial charge on any atom is -0.352 e. The third-order valence-corrected chi connectivity index (χ3v) is 7.81. The van der Waals surface area contributed by atoms with Crippen LogP contribution in [-0.4, -0.2) is 50.0 Å². The maximum Gasteiger partial charge on any atom is 0.244 e. The Balaban J connectivity index is 2.52. The zero-order valence-corrected chi connectivity index (χ0v) is 24.1. The van der Waals surface area contributed by atoms with Crippen LogP contribution in [0.25, 0.3) is 0 Å². The van der Waals surface area contributed by atoms with E-state index in [9.17, 15) is 18.0 Å². The molecule has 36 heavy (non-hydrogen) atoms. The summed E-state index contributed by atoms with van der Waals surface area (Å²) in [5, 5.41) is 4.02. The molecular formula is C25H32Cl3N3O4S. The van der Waals surface area contributed by atoms with E-state index < -0.39 is 28.5 Å². The summed E-state index contributed by atoms with van der Waals surface area (Å²) in [6, 6.07) is 8.76. The molecule has 0 aliphatic heterocycles. The molecule has 11 heteroatoms. The van der Waals surface area contributed by atoms with E-state index in [2.05, 4.69) is 5.32 Å². The molecule has 0 radical (unpaired) electrons. The van der Waals surface area contributed by atoms with E-state index in [1.165, 1.54) is 11.0 Å². The van der Waals surface area contributed by atoms with Crippen molar-refractivity contribution >= 4 is 62.3 Å².